The second-order valence-corrected chi connectivity index (χ2v) is 7.05. The summed E-state index contributed by atoms with van der Waals surface area (Å²) in [5.41, 5.74) is 10.4. The smallest absolute Gasteiger partial charge is 0.408 e. The number of amides is 2. The highest BCUT2D eigenvalue weighted by atomic mass is 16.6. The maximum atomic E-state index is 12.1. The van der Waals surface area contributed by atoms with Crippen LogP contribution < -0.4 is 26.8 Å². The van der Waals surface area contributed by atoms with Crippen molar-refractivity contribution in [1.29, 1.82) is 0 Å². The molecule has 10 heteroatoms. The molecule has 0 saturated heterocycles. The fourth-order valence-corrected chi connectivity index (χ4v) is 1.89. The van der Waals surface area contributed by atoms with Crippen molar-refractivity contribution in [2.45, 2.75) is 52.3 Å². The highest BCUT2D eigenvalue weighted by molar-refractivity contribution is 5.89. The van der Waals surface area contributed by atoms with E-state index in [1.54, 1.807) is 32.9 Å². The highest BCUT2D eigenvalue weighted by Gasteiger charge is 2.24. The van der Waals surface area contributed by atoms with Gasteiger partial charge in [0, 0.05) is 0 Å². The normalized spacial score (nSPS) is 12.9. The summed E-state index contributed by atoms with van der Waals surface area (Å²) in [6.45, 7) is 8.06. The van der Waals surface area contributed by atoms with Gasteiger partial charge in [-0.1, -0.05) is 0 Å². The second kappa shape index (κ2) is 9.58. The molecule has 6 N–H and O–H groups in total. The number of hydrogen-bond acceptors (Lipinski definition) is 6. The first-order valence-electron chi connectivity index (χ1n) is 8.58. The van der Waals surface area contributed by atoms with Gasteiger partial charge < -0.3 is 31.6 Å². The van der Waals surface area contributed by atoms with Gasteiger partial charge in [0.1, 0.15) is 23.4 Å². The summed E-state index contributed by atoms with van der Waals surface area (Å²) < 4.78 is 10.3. The van der Waals surface area contributed by atoms with Crippen molar-refractivity contribution in [3.63, 3.8) is 0 Å². The molecule has 0 bridgehead atoms. The van der Waals surface area contributed by atoms with Gasteiger partial charge >= 0.3 is 12.1 Å². The minimum atomic E-state index is -0.937. The lowest BCUT2D eigenvalue weighted by Crippen LogP contribution is -2.50. The highest BCUT2D eigenvalue weighted by Crippen LogP contribution is 2.18. The summed E-state index contributed by atoms with van der Waals surface area (Å²) in [6, 6.07) is 4.33. The second-order valence-electron chi connectivity index (χ2n) is 7.05. The molecule has 1 rings (SSSR count). The third-order valence-electron chi connectivity index (χ3n) is 3.15. The van der Waals surface area contributed by atoms with Gasteiger partial charge in [0.15, 0.2) is 5.96 Å². The van der Waals surface area contributed by atoms with Gasteiger partial charge in [-0.15, -0.1) is 0 Å². The van der Waals surface area contributed by atoms with E-state index in [0.717, 1.165) is 0 Å². The summed E-state index contributed by atoms with van der Waals surface area (Å²) in [5.74, 6) is -1.05. The van der Waals surface area contributed by atoms with E-state index in [2.05, 4.69) is 15.6 Å². The molecule has 10 nitrogen and oxygen atoms in total. The van der Waals surface area contributed by atoms with E-state index in [4.69, 9.17) is 20.9 Å². The summed E-state index contributed by atoms with van der Waals surface area (Å²) in [7, 11) is 0. The Kier molecular flexibility index (Phi) is 7.78. The standard InChI is InChI=1S/C18H27N5O5/c1-10(22-17(26)28-18(3,4)5)14(24)21-11(2)15(25)27-13-8-6-12(7-9-13)23-16(19)20/h6-11H,1-5H3,(H,21,24)(H,22,26)(H4,19,20,23)/t10-,11-/m1/s1. The van der Waals surface area contributed by atoms with Crippen molar-refractivity contribution in [2.24, 2.45) is 16.5 Å². The molecule has 0 radical (unpaired) electrons. The SMILES string of the molecule is C[C@@H](NC(=O)OC(C)(C)C)C(=O)N[C@H](C)C(=O)Oc1ccc(N=C(N)N)cc1. The minimum Gasteiger partial charge on any atom is -0.444 e. The number of alkyl carbamates (subject to hydrolysis) is 1. The van der Waals surface area contributed by atoms with Crippen molar-refractivity contribution in [3.05, 3.63) is 24.3 Å². The number of carbonyl (C=O) groups excluding carboxylic acids is 3. The third kappa shape index (κ3) is 8.39. The number of rotatable bonds is 6. The molecule has 0 spiro atoms. The summed E-state index contributed by atoms with van der Waals surface area (Å²) in [4.78, 5) is 39.8. The Labute approximate surface area is 163 Å². The molecule has 2 amide bonds. The molecule has 28 heavy (non-hydrogen) atoms. The molecule has 0 heterocycles. The lowest BCUT2D eigenvalue weighted by Gasteiger charge is -2.22. The molecule has 0 aliphatic heterocycles. The van der Waals surface area contributed by atoms with Gasteiger partial charge in [-0.3, -0.25) is 4.79 Å². The van der Waals surface area contributed by atoms with Crippen LogP contribution in [-0.4, -0.2) is 41.6 Å². The van der Waals surface area contributed by atoms with Crippen LogP contribution in [0, 0.1) is 0 Å². The largest absolute Gasteiger partial charge is 0.444 e. The van der Waals surface area contributed by atoms with Crippen LogP contribution in [0.25, 0.3) is 0 Å². The molecular formula is C18H27N5O5. The number of aliphatic imine (C=N–C) groups is 1. The summed E-state index contributed by atoms with van der Waals surface area (Å²) in [5, 5.41) is 4.86. The van der Waals surface area contributed by atoms with E-state index in [9.17, 15) is 14.4 Å². The Morgan fingerprint density at radius 3 is 2.07 bits per heavy atom. The molecule has 154 valence electrons. The minimum absolute atomic E-state index is 0.0878. The zero-order valence-electron chi connectivity index (χ0n) is 16.6. The maximum Gasteiger partial charge on any atom is 0.408 e. The van der Waals surface area contributed by atoms with Gasteiger partial charge in [-0.05, 0) is 58.9 Å². The van der Waals surface area contributed by atoms with Gasteiger partial charge in [0.25, 0.3) is 0 Å². The first kappa shape index (κ1) is 22.7. The van der Waals surface area contributed by atoms with Crippen molar-refractivity contribution < 1.29 is 23.9 Å². The fourth-order valence-electron chi connectivity index (χ4n) is 1.89. The molecular weight excluding hydrogens is 366 g/mol. The molecule has 0 aliphatic carbocycles. The van der Waals surface area contributed by atoms with Crippen LogP contribution in [0.1, 0.15) is 34.6 Å². The Balaban J connectivity index is 2.55. The Morgan fingerprint density at radius 1 is 1.00 bits per heavy atom. The number of nitrogens with zero attached hydrogens (tertiary/aromatic N) is 1. The monoisotopic (exact) mass is 393 g/mol. The molecule has 0 unspecified atom stereocenters. The van der Waals surface area contributed by atoms with Crippen LogP contribution in [0.3, 0.4) is 0 Å². The number of ether oxygens (including phenoxy) is 2. The first-order chi connectivity index (χ1) is 12.9. The predicted molar refractivity (Wildman–Crippen MR) is 104 cm³/mol. The van der Waals surface area contributed by atoms with Crippen LogP contribution in [0.4, 0.5) is 10.5 Å². The van der Waals surface area contributed by atoms with Crippen LogP contribution >= 0.6 is 0 Å². The van der Waals surface area contributed by atoms with Crippen molar-refractivity contribution >= 4 is 29.6 Å². The predicted octanol–water partition coefficient (Wildman–Crippen LogP) is 0.915. The topological polar surface area (TPSA) is 158 Å². The van der Waals surface area contributed by atoms with E-state index in [0.29, 0.717) is 5.69 Å². The maximum absolute atomic E-state index is 12.1. The van der Waals surface area contributed by atoms with Crippen LogP contribution in [0.2, 0.25) is 0 Å². The Morgan fingerprint density at radius 2 is 1.57 bits per heavy atom. The van der Waals surface area contributed by atoms with Crippen molar-refractivity contribution in [2.75, 3.05) is 0 Å². The van der Waals surface area contributed by atoms with E-state index < -0.39 is 35.7 Å². The van der Waals surface area contributed by atoms with Gasteiger partial charge in [0.05, 0.1) is 5.69 Å². The Hall–Kier alpha value is -3.30. The first-order valence-corrected chi connectivity index (χ1v) is 8.58. The van der Waals surface area contributed by atoms with Crippen molar-refractivity contribution in [3.8, 4) is 5.75 Å². The molecule has 2 atom stereocenters. The van der Waals surface area contributed by atoms with E-state index in [-0.39, 0.29) is 11.7 Å². The van der Waals surface area contributed by atoms with Gasteiger partial charge in [-0.2, -0.15) is 0 Å². The van der Waals surface area contributed by atoms with E-state index in [1.165, 1.54) is 26.0 Å². The molecule has 0 saturated carbocycles. The molecule has 1 aromatic rings. The number of guanidine groups is 1. The number of nitrogens with one attached hydrogen (secondary N) is 2. The van der Waals surface area contributed by atoms with E-state index >= 15 is 0 Å². The van der Waals surface area contributed by atoms with Crippen LogP contribution in [0.15, 0.2) is 29.3 Å². The molecule has 1 aromatic carbocycles. The van der Waals surface area contributed by atoms with Gasteiger partial charge in [0.2, 0.25) is 5.91 Å². The molecule has 0 aliphatic rings. The van der Waals surface area contributed by atoms with Gasteiger partial charge in [-0.25, -0.2) is 14.6 Å². The lowest BCUT2D eigenvalue weighted by molar-refractivity contribution is -0.139. The zero-order valence-corrected chi connectivity index (χ0v) is 16.6. The third-order valence-corrected chi connectivity index (χ3v) is 3.15. The average Bonchev–Trinajstić information content (AvgIpc) is 2.54. The van der Waals surface area contributed by atoms with Crippen LogP contribution in [0.5, 0.6) is 5.75 Å². The summed E-state index contributed by atoms with van der Waals surface area (Å²) >= 11 is 0. The lowest BCUT2D eigenvalue weighted by atomic mass is 10.2. The van der Waals surface area contributed by atoms with E-state index in [1.807, 2.05) is 0 Å². The number of benzene rings is 1. The number of hydrogen-bond donors (Lipinski definition) is 4. The van der Waals surface area contributed by atoms with Crippen molar-refractivity contribution in [1.82, 2.24) is 10.6 Å². The summed E-state index contributed by atoms with van der Waals surface area (Å²) in [6.07, 6.45) is -0.730. The number of esters is 1. The number of carbonyl (C=O) groups is 3. The number of nitrogens with two attached hydrogens (primary N) is 2. The Bertz CT molecular complexity index is 736. The fraction of sp³-hybridized carbons (Fsp3) is 0.444. The van der Waals surface area contributed by atoms with Crippen LogP contribution in [-0.2, 0) is 14.3 Å². The molecule has 0 aromatic heterocycles. The average molecular weight is 393 g/mol. The molecule has 0 fully saturated rings. The zero-order chi connectivity index (χ0) is 21.5. The quantitative estimate of drug-likeness (QED) is 0.242.